The molecule has 1 saturated carbocycles. The lowest BCUT2D eigenvalue weighted by molar-refractivity contribution is -0.120. The van der Waals surface area contributed by atoms with Crippen LogP contribution in [0.1, 0.15) is 142 Å². The molecule has 2 atom stereocenters. The number of urea groups is 1. The summed E-state index contributed by atoms with van der Waals surface area (Å²) in [5.74, 6) is 3.69. The maximum atomic E-state index is 18.3. The number of hydrogen-bond donors (Lipinski definition) is 1. The van der Waals surface area contributed by atoms with Crippen LogP contribution in [0.5, 0.6) is 11.8 Å². The fourth-order valence-electron chi connectivity index (χ4n) is 15.5. The molecule has 3 aromatic carbocycles. The second kappa shape index (κ2) is 27.9. The van der Waals surface area contributed by atoms with Gasteiger partial charge in [-0.1, -0.05) is 65.1 Å². The number of carbonyl (C=O) groups is 4. The standard InChI is InChI=1S/C71H93ClF2N10O8Si/c1-44(2)93(45(3)4,46(5)6)33-24-54-58(73)17-13-49-34-53(91-43-89-11)36-55(61(49)54)63-62(74)64-56(37-75-63)65(82-39-51-14-15-52(40-82)84(51)69(88)92-70(7,8)9)78-67(77-64)90-42-71(25-26-71)41-80-28-19-48(20-29-80)38-79(10)27-18-47-21-30-81(31-22-47)66(86)50-12-16-57(72)59(35-50)83-32-23-60(85)76-68(83)87/h12-13,16-17,34-37,44-48,51-52H,14-15,18-23,25-32,38-43H2,1-11H3,(H,76,85,87). The number of ether oxygens (including phenoxy) is 4. The van der Waals surface area contributed by atoms with Gasteiger partial charge in [0, 0.05) is 87.5 Å². The number of pyridine rings is 1. The Morgan fingerprint density at radius 3 is 2.20 bits per heavy atom. The normalized spacial score (nSPS) is 19.9. The van der Waals surface area contributed by atoms with E-state index in [4.69, 9.17) is 45.5 Å². The maximum Gasteiger partial charge on any atom is 0.410 e. The number of benzene rings is 3. The number of piperazine rings is 1. The average Bonchev–Trinajstić information content (AvgIpc) is 1.20. The zero-order valence-corrected chi connectivity index (χ0v) is 57.9. The molecule has 93 heavy (non-hydrogen) atoms. The number of fused-ring (bicyclic) bond motifs is 4. The molecule has 5 amide bonds. The summed E-state index contributed by atoms with van der Waals surface area (Å²) in [5.41, 5.74) is 5.16. The lowest BCUT2D eigenvalue weighted by Gasteiger charge is -2.42. The molecule has 1 N–H and O–H groups in total. The summed E-state index contributed by atoms with van der Waals surface area (Å²) < 4.78 is 58.8. The second-order valence-corrected chi connectivity index (χ2v) is 35.1. The Morgan fingerprint density at radius 2 is 1.56 bits per heavy atom. The number of amides is 5. The molecule has 5 aromatic rings. The Morgan fingerprint density at radius 1 is 0.871 bits per heavy atom. The molecule has 2 bridgehead atoms. The molecule has 0 spiro atoms. The molecule has 11 rings (SSSR count). The summed E-state index contributed by atoms with van der Waals surface area (Å²) in [5, 5.41) is 4.09. The van der Waals surface area contributed by atoms with E-state index >= 15 is 8.78 Å². The van der Waals surface area contributed by atoms with E-state index in [1.807, 2.05) is 30.6 Å². The number of imide groups is 1. The first-order valence-corrected chi connectivity index (χ1v) is 36.2. The minimum atomic E-state index is -2.36. The number of aromatic nitrogens is 3. The van der Waals surface area contributed by atoms with Gasteiger partial charge in [-0.3, -0.25) is 29.7 Å². The minimum Gasteiger partial charge on any atom is -0.468 e. The van der Waals surface area contributed by atoms with E-state index in [0.717, 1.165) is 90.5 Å². The first-order valence-electron chi connectivity index (χ1n) is 33.6. The number of anilines is 2. The van der Waals surface area contributed by atoms with Gasteiger partial charge in [0.1, 0.15) is 42.3 Å². The van der Waals surface area contributed by atoms with Crippen molar-refractivity contribution in [2.24, 2.45) is 17.3 Å². The van der Waals surface area contributed by atoms with Crippen LogP contribution in [0, 0.1) is 40.3 Å². The van der Waals surface area contributed by atoms with E-state index in [1.165, 1.54) is 18.1 Å². The van der Waals surface area contributed by atoms with Gasteiger partial charge in [-0.15, -0.1) is 5.54 Å². The quantitative estimate of drug-likeness (QED) is 0.0442. The Balaban J connectivity index is 0.777. The topological polar surface area (TPSA) is 175 Å². The van der Waals surface area contributed by atoms with Gasteiger partial charge in [0.05, 0.1) is 40.4 Å². The fraction of sp³-hybridized carbons (Fsp3) is 0.592. The van der Waals surface area contributed by atoms with Gasteiger partial charge in [-0.05, 0) is 175 Å². The number of halogens is 3. The lowest BCUT2D eigenvalue weighted by Crippen LogP contribution is -2.57. The van der Waals surface area contributed by atoms with Crippen LogP contribution in [0.25, 0.3) is 32.9 Å². The Labute approximate surface area is 552 Å². The number of nitrogens with zero attached hydrogens (tertiary/aromatic N) is 9. The van der Waals surface area contributed by atoms with Crippen LogP contribution in [-0.4, -0.2) is 177 Å². The van der Waals surface area contributed by atoms with Gasteiger partial charge in [0.15, 0.2) is 12.6 Å². The smallest absolute Gasteiger partial charge is 0.410 e. The van der Waals surface area contributed by atoms with Gasteiger partial charge >= 0.3 is 18.1 Å². The summed E-state index contributed by atoms with van der Waals surface area (Å²) in [6.07, 6.45) is 10.1. The third kappa shape index (κ3) is 14.8. The minimum absolute atomic E-state index is 0.0144. The largest absolute Gasteiger partial charge is 0.468 e. The van der Waals surface area contributed by atoms with Crippen LogP contribution in [0.3, 0.4) is 0 Å². The van der Waals surface area contributed by atoms with Gasteiger partial charge in [-0.2, -0.15) is 9.97 Å². The maximum absolute atomic E-state index is 18.3. The molecule has 500 valence electrons. The molecular formula is C71H93ClF2N10O8Si. The monoisotopic (exact) mass is 1310 g/mol. The van der Waals surface area contributed by atoms with Gasteiger partial charge in [0.25, 0.3) is 5.91 Å². The lowest BCUT2D eigenvalue weighted by atomic mass is 9.92. The summed E-state index contributed by atoms with van der Waals surface area (Å²) >= 11 is 6.47. The highest BCUT2D eigenvalue weighted by atomic mass is 35.5. The summed E-state index contributed by atoms with van der Waals surface area (Å²) in [6, 6.07) is 10.7. The number of hydrogen-bond acceptors (Lipinski definition) is 14. The van der Waals surface area contributed by atoms with E-state index in [1.54, 1.807) is 42.6 Å². The van der Waals surface area contributed by atoms with E-state index < -0.39 is 31.3 Å². The van der Waals surface area contributed by atoms with Crippen molar-refractivity contribution in [3.05, 3.63) is 76.4 Å². The van der Waals surface area contributed by atoms with Crippen LogP contribution < -0.4 is 24.6 Å². The van der Waals surface area contributed by atoms with Crippen LogP contribution in [0.4, 0.5) is 29.9 Å². The highest BCUT2D eigenvalue weighted by Crippen LogP contribution is 2.48. The second-order valence-electron chi connectivity index (χ2n) is 29.1. The zero-order chi connectivity index (χ0) is 66.3. The number of piperidine rings is 2. The number of rotatable bonds is 20. The van der Waals surface area contributed by atoms with Crippen LogP contribution in [-0.2, 0) is 14.3 Å². The van der Waals surface area contributed by atoms with E-state index in [2.05, 4.69) is 80.1 Å². The number of methoxy groups -OCH3 is 1. The van der Waals surface area contributed by atoms with Gasteiger partial charge in [0.2, 0.25) is 5.91 Å². The summed E-state index contributed by atoms with van der Waals surface area (Å²) in [6.45, 7) is 26.5. The van der Waals surface area contributed by atoms with Crippen LogP contribution in [0.15, 0.2) is 48.7 Å². The predicted molar refractivity (Wildman–Crippen MR) is 362 cm³/mol. The molecule has 22 heteroatoms. The van der Waals surface area contributed by atoms with Crippen molar-refractivity contribution in [3.63, 3.8) is 0 Å². The van der Waals surface area contributed by atoms with Crippen LogP contribution >= 0.6 is 11.6 Å². The van der Waals surface area contributed by atoms with Crippen LogP contribution in [0.2, 0.25) is 21.6 Å². The average molecular weight is 1320 g/mol. The van der Waals surface area contributed by atoms with E-state index in [-0.39, 0.29) is 77.9 Å². The fourth-order valence-corrected chi connectivity index (χ4v) is 20.9. The number of carbonyl (C=O) groups excluding carboxylic acids is 4. The Kier molecular flexibility index (Phi) is 20.3. The molecule has 1 aliphatic carbocycles. The Bertz CT molecular complexity index is 3650. The molecule has 6 fully saturated rings. The zero-order valence-electron chi connectivity index (χ0n) is 56.1. The first-order chi connectivity index (χ1) is 44.3. The predicted octanol–water partition coefficient (Wildman–Crippen LogP) is 13.1. The number of nitrogens with one attached hydrogen (secondary N) is 1. The highest BCUT2D eigenvalue weighted by molar-refractivity contribution is 6.90. The highest BCUT2D eigenvalue weighted by Gasteiger charge is 2.48. The molecule has 2 aromatic heterocycles. The van der Waals surface area contributed by atoms with Crippen molar-refractivity contribution in [3.8, 4) is 34.5 Å². The van der Waals surface area contributed by atoms with Gasteiger partial charge in [-0.25, -0.2) is 18.4 Å². The van der Waals surface area contributed by atoms with Crippen molar-refractivity contribution >= 4 is 76.8 Å². The molecule has 5 saturated heterocycles. The first kappa shape index (κ1) is 67.7. The van der Waals surface area contributed by atoms with E-state index in [9.17, 15) is 19.2 Å². The van der Waals surface area contributed by atoms with Crippen molar-refractivity contribution < 1.29 is 46.9 Å². The van der Waals surface area contributed by atoms with Crippen molar-refractivity contribution in [2.45, 2.75) is 161 Å². The molecule has 2 unspecified atom stereocenters. The van der Waals surface area contributed by atoms with Crippen molar-refractivity contribution in [1.29, 1.82) is 0 Å². The van der Waals surface area contributed by atoms with Gasteiger partial charge < -0.3 is 38.5 Å². The third-order valence-electron chi connectivity index (χ3n) is 20.6. The van der Waals surface area contributed by atoms with E-state index in [0.29, 0.717) is 111 Å². The Hall–Kier alpha value is -6.70. The molecule has 5 aliphatic heterocycles. The summed E-state index contributed by atoms with van der Waals surface area (Å²) in [7, 11) is 1.39. The SMILES string of the molecule is COCOc1cc(-c2ncc3c(N4CC5CCC(C4)N5C(=O)OC(C)(C)C)nc(OCC4(CN5CCC(CN(C)CCC6CCN(C(=O)c7ccc(Cl)c(N8CCC(=O)NC8=O)c7)CC6)CC5)CC4)nc3c2F)c2c(C#C[Si](C(C)C)(C(C)C)C(C)C)c(F)ccc2c1. The molecule has 18 nitrogen and oxygen atoms in total. The third-order valence-corrected chi connectivity index (χ3v) is 27.2. The molecule has 7 heterocycles. The number of likely N-dealkylation sites (tertiary alicyclic amines) is 2. The molecule has 6 aliphatic rings. The van der Waals surface area contributed by atoms with Crippen molar-refractivity contribution in [1.82, 2.24) is 39.9 Å². The van der Waals surface area contributed by atoms with Crippen molar-refractivity contribution in [2.75, 3.05) is 103 Å². The molecular weight excluding hydrogens is 1220 g/mol. The summed E-state index contributed by atoms with van der Waals surface area (Å²) in [4.78, 5) is 78.9. The molecule has 0 radical (unpaired) electrons.